The molecule has 0 aromatic heterocycles. The van der Waals surface area contributed by atoms with Crippen LogP contribution in [0, 0.1) is 0 Å². The van der Waals surface area contributed by atoms with Gasteiger partial charge in [-0.25, -0.2) is 0 Å². The van der Waals surface area contributed by atoms with Gasteiger partial charge in [0.1, 0.15) is 11.8 Å². The number of nitrogens with one attached hydrogen (secondary N) is 1. The summed E-state index contributed by atoms with van der Waals surface area (Å²) >= 11 is 0. The van der Waals surface area contributed by atoms with Crippen LogP contribution in [-0.2, 0) is 17.9 Å². The highest BCUT2D eigenvalue weighted by molar-refractivity contribution is 6.00. The molecule has 0 spiro atoms. The number of carbonyl (C=O) groups excluding carboxylic acids is 2. The number of ether oxygens (including phenoxy) is 1. The van der Waals surface area contributed by atoms with Gasteiger partial charge in [-0.1, -0.05) is 42.8 Å². The molecule has 6 nitrogen and oxygen atoms in total. The Balaban J connectivity index is 1.33. The van der Waals surface area contributed by atoms with Gasteiger partial charge in [0.25, 0.3) is 5.91 Å². The van der Waals surface area contributed by atoms with Gasteiger partial charge in [0, 0.05) is 25.7 Å². The molecule has 2 amide bonds. The maximum Gasteiger partial charge on any atom is 0.258 e. The summed E-state index contributed by atoms with van der Waals surface area (Å²) in [7, 11) is 0. The molecule has 0 aliphatic carbocycles. The normalized spacial score (nSPS) is 20.8. The Hall–Kier alpha value is -2.86. The van der Waals surface area contributed by atoms with Crippen LogP contribution >= 0.6 is 0 Å². The third-order valence-electron chi connectivity index (χ3n) is 7.05. The zero-order valence-electron chi connectivity index (χ0n) is 20.5. The van der Waals surface area contributed by atoms with Crippen LogP contribution < -0.4 is 10.1 Å². The molecule has 2 aliphatic heterocycles. The zero-order chi connectivity index (χ0) is 23.9. The minimum atomic E-state index is -0.443. The lowest BCUT2D eigenvalue weighted by molar-refractivity contribution is -0.125. The van der Waals surface area contributed by atoms with Crippen LogP contribution in [0.4, 0.5) is 0 Å². The summed E-state index contributed by atoms with van der Waals surface area (Å²) in [6, 6.07) is 16.0. The fraction of sp³-hybridized carbons (Fsp3) is 0.500. The molecule has 4 rings (SSSR count). The van der Waals surface area contributed by atoms with Gasteiger partial charge < -0.3 is 15.0 Å². The first-order valence-corrected chi connectivity index (χ1v) is 12.7. The molecule has 6 heteroatoms. The lowest BCUT2D eigenvalue weighted by atomic mass is 10.0. The molecule has 2 saturated heterocycles. The SMILES string of the molecule is CCOc1ccccc1C(=O)N1CCCC1C(=O)NCc1ccc(CN2CCCCC2C)cc1. The fourth-order valence-electron chi connectivity index (χ4n) is 5.06. The van der Waals surface area contributed by atoms with Crippen LogP contribution in [0.15, 0.2) is 48.5 Å². The van der Waals surface area contributed by atoms with Gasteiger partial charge in [-0.05, 0) is 69.3 Å². The van der Waals surface area contributed by atoms with Crippen LogP contribution in [0.25, 0.3) is 0 Å². The molecular formula is C28H37N3O3. The molecule has 2 aromatic carbocycles. The van der Waals surface area contributed by atoms with Crippen molar-refractivity contribution in [3.05, 3.63) is 65.2 Å². The second kappa shape index (κ2) is 11.5. The highest BCUT2D eigenvalue weighted by atomic mass is 16.5. The summed E-state index contributed by atoms with van der Waals surface area (Å²) in [4.78, 5) is 30.5. The summed E-state index contributed by atoms with van der Waals surface area (Å²) in [5.74, 6) is 0.337. The molecule has 2 fully saturated rings. The first kappa shape index (κ1) is 24.3. The predicted octanol–water partition coefficient (Wildman–Crippen LogP) is 4.38. The van der Waals surface area contributed by atoms with E-state index in [0.29, 0.717) is 43.5 Å². The van der Waals surface area contributed by atoms with E-state index in [9.17, 15) is 9.59 Å². The van der Waals surface area contributed by atoms with Crippen molar-refractivity contribution < 1.29 is 14.3 Å². The van der Waals surface area contributed by atoms with E-state index in [1.54, 1.807) is 17.0 Å². The van der Waals surface area contributed by atoms with E-state index in [1.807, 2.05) is 19.1 Å². The molecule has 2 aliphatic rings. The predicted molar refractivity (Wildman–Crippen MR) is 134 cm³/mol. The average Bonchev–Trinajstić information content (AvgIpc) is 3.35. The molecule has 182 valence electrons. The topological polar surface area (TPSA) is 61.9 Å². The van der Waals surface area contributed by atoms with Gasteiger partial charge in [0.15, 0.2) is 0 Å². The molecule has 2 atom stereocenters. The number of hydrogen-bond acceptors (Lipinski definition) is 4. The molecule has 0 bridgehead atoms. The number of benzene rings is 2. The summed E-state index contributed by atoms with van der Waals surface area (Å²) in [6.45, 7) is 7.91. The lowest BCUT2D eigenvalue weighted by Gasteiger charge is -2.33. The van der Waals surface area contributed by atoms with E-state index in [2.05, 4.69) is 41.4 Å². The van der Waals surface area contributed by atoms with Crippen molar-refractivity contribution in [1.82, 2.24) is 15.1 Å². The summed E-state index contributed by atoms with van der Waals surface area (Å²) in [6.07, 6.45) is 5.40. The first-order valence-electron chi connectivity index (χ1n) is 12.7. The lowest BCUT2D eigenvalue weighted by Crippen LogP contribution is -2.45. The highest BCUT2D eigenvalue weighted by Crippen LogP contribution is 2.25. The van der Waals surface area contributed by atoms with Crippen molar-refractivity contribution in [1.29, 1.82) is 0 Å². The summed E-state index contributed by atoms with van der Waals surface area (Å²) < 4.78 is 5.63. The van der Waals surface area contributed by atoms with Crippen molar-refractivity contribution in [3.8, 4) is 5.75 Å². The van der Waals surface area contributed by atoms with Crippen molar-refractivity contribution in [2.24, 2.45) is 0 Å². The van der Waals surface area contributed by atoms with E-state index >= 15 is 0 Å². The molecule has 0 saturated carbocycles. The van der Waals surface area contributed by atoms with E-state index in [0.717, 1.165) is 18.5 Å². The van der Waals surface area contributed by atoms with Crippen LogP contribution in [0.1, 0.15) is 67.4 Å². The second-order valence-corrected chi connectivity index (χ2v) is 9.44. The molecule has 2 unspecified atom stereocenters. The Morgan fingerprint density at radius 3 is 2.50 bits per heavy atom. The average molecular weight is 464 g/mol. The number of nitrogens with zero attached hydrogens (tertiary/aromatic N) is 2. The number of carbonyl (C=O) groups is 2. The van der Waals surface area contributed by atoms with E-state index in [1.165, 1.54) is 31.4 Å². The maximum atomic E-state index is 13.2. The summed E-state index contributed by atoms with van der Waals surface area (Å²) in [5.41, 5.74) is 2.90. The second-order valence-electron chi connectivity index (χ2n) is 9.44. The van der Waals surface area contributed by atoms with Gasteiger partial charge in [0.2, 0.25) is 5.91 Å². The van der Waals surface area contributed by atoms with Crippen molar-refractivity contribution in [2.45, 2.75) is 71.1 Å². The van der Waals surface area contributed by atoms with Crippen LogP contribution in [-0.4, -0.2) is 53.4 Å². The van der Waals surface area contributed by atoms with Crippen LogP contribution in [0.3, 0.4) is 0 Å². The number of amides is 2. The molecular weight excluding hydrogens is 426 g/mol. The smallest absolute Gasteiger partial charge is 0.258 e. The monoisotopic (exact) mass is 463 g/mol. The molecule has 2 aromatic rings. The Kier molecular flexibility index (Phi) is 8.22. The first-order chi connectivity index (χ1) is 16.6. The standard InChI is InChI=1S/C28H37N3O3/c1-3-34-26-12-5-4-10-24(26)28(33)31-18-8-11-25(31)27(32)29-19-22-13-15-23(16-14-22)20-30-17-7-6-9-21(30)2/h4-5,10,12-16,21,25H,3,6-9,11,17-20H2,1-2H3,(H,29,32). The number of hydrogen-bond donors (Lipinski definition) is 1. The van der Waals surface area contributed by atoms with E-state index in [-0.39, 0.29) is 11.8 Å². The maximum absolute atomic E-state index is 13.2. The number of para-hydroxylation sites is 1. The van der Waals surface area contributed by atoms with Gasteiger partial charge in [-0.15, -0.1) is 0 Å². The van der Waals surface area contributed by atoms with Crippen molar-refractivity contribution in [3.63, 3.8) is 0 Å². The third kappa shape index (κ3) is 5.79. The van der Waals surface area contributed by atoms with Crippen molar-refractivity contribution in [2.75, 3.05) is 19.7 Å². The van der Waals surface area contributed by atoms with Gasteiger partial charge in [-0.2, -0.15) is 0 Å². The van der Waals surface area contributed by atoms with Gasteiger partial charge in [0.05, 0.1) is 12.2 Å². The van der Waals surface area contributed by atoms with Gasteiger partial charge >= 0.3 is 0 Å². The largest absolute Gasteiger partial charge is 0.493 e. The quantitative estimate of drug-likeness (QED) is 0.631. The summed E-state index contributed by atoms with van der Waals surface area (Å²) in [5, 5.41) is 3.05. The van der Waals surface area contributed by atoms with E-state index < -0.39 is 6.04 Å². The zero-order valence-corrected chi connectivity index (χ0v) is 20.5. The van der Waals surface area contributed by atoms with E-state index in [4.69, 9.17) is 4.74 Å². The Labute approximate surface area is 203 Å². The highest BCUT2D eigenvalue weighted by Gasteiger charge is 2.35. The van der Waals surface area contributed by atoms with Gasteiger partial charge in [-0.3, -0.25) is 14.5 Å². The van der Waals surface area contributed by atoms with Crippen LogP contribution in [0.5, 0.6) is 5.75 Å². The number of rotatable bonds is 8. The number of likely N-dealkylation sites (tertiary alicyclic amines) is 2. The molecule has 34 heavy (non-hydrogen) atoms. The van der Waals surface area contributed by atoms with Crippen molar-refractivity contribution >= 4 is 11.8 Å². The van der Waals surface area contributed by atoms with Crippen LogP contribution in [0.2, 0.25) is 0 Å². The minimum Gasteiger partial charge on any atom is -0.493 e. The Bertz CT molecular complexity index is 975. The number of piperidine rings is 1. The molecule has 0 radical (unpaired) electrons. The third-order valence-corrected chi connectivity index (χ3v) is 7.05. The molecule has 2 heterocycles. The minimum absolute atomic E-state index is 0.0917. The molecule has 1 N–H and O–H groups in total. The Morgan fingerprint density at radius 1 is 0.971 bits per heavy atom. The fourth-order valence-corrected chi connectivity index (χ4v) is 5.06. The Morgan fingerprint density at radius 2 is 1.74 bits per heavy atom.